The van der Waals surface area contributed by atoms with Gasteiger partial charge in [-0.05, 0) is 43.4 Å². The van der Waals surface area contributed by atoms with E-state index in [0.717, 1.165) is 34.6 Å². The van der Waals surface area contributed by atoms with Crippen molar-refractivity contribution in [3.63, 3.8) is 0 Å². The maximum absolute atomic E-state index is 5.98. The summed E-state index contributed by atoms with van der Waals surface area (Å²) in [4.78, 5) is 9.12. The van der Waals surface area contributed by atoms with Gasteiger partial charge < -0.3 is 10.1 Å². The van der Waals surface area contributed by atoms with Gasteiger partial charge in [0, 0.05) is 18.3 Å². The minimum atomic E-state index is 0.472. The Morgan fingerprint density at radius 2 is 2.11 bits per heavy atom. The topological polar surface area (TPSA) is 64.9 Å². The second-order valence-corrected chi connectivity index (χ2v) is 8.14. The maximum atomic E-state index is 5.98. The Balaban J connectivity index is 1.54. The van der Waals surface area contributed by atoms with Gasteiger partial charge in [-0.15, -0.1) is 0 Å². The molecule has 28 heavy (non-hydrogen) atoms. The number of rotatable bonds is 8. The Bertz CT molecular complexity index is 907. The lowest BCUT2D eigenvalue weighted by atomic mass is 9.96. The van der Waals surface area contributed by atoms with E-state index < -0.39 is 0 Å². The largest absolute Gasteiger partial charge is 0.493 e. The van der Waals surface area contributed by atoms with Gasteiger partial charge in [0.2, 0.25) is 5.95 Å². The molecule has 3 aromatic rings. The van der Waals surface area contributed by atoms with Crippen LogP contribution in [0, 0.1) is 0 Å². The van der Waals surface area contributed by atoms with Gasteiger partial charge in [-0.25, -0.2) is 9.67 Å². The lowest BCUT2D eigenvalue weighted by molar-refractivity contribution is 0.322. The van der Waals surface area contributed by atoms with Crippen LogP contribution in [0.1, 0.15) is 38.5 Å². The third-order valence-electron chi connectivity index (χ3n) is 5.12. The van der Waals surface area contributed by atoms with Gasteiger partial charge in [0.25, 0.3) is 0 Å². The van der Waals surface area contributed by atoms with Gasteiger partial charge in [0.1, 0.15) is 5.75 Å². The van der Waals surface area contributed by atoms with E-state index in [9.17, 15) is 0 Å². The second-order valence-electron chi connectivity index (χ2n) is 7.16. The monoisotopic (exact) mass is 397 g/mol. The lowest BCUT2D eigenvalue weighted by Crippen LogP contribution is -2.23. The van der Waals surface area contributed by atoms with Crippen LogP contribution in [-0.2, 0) is 0 Å². The molecule has 0 unspecified atom stereocenters. The molecular formula is C21H27N5OS. The number of hydrogen-bond donors (Lipinski definition) is 1. The van der Waals surface area contributed by atoms with Crippen LogP contribution in [0.5, 0.6) is 5.75 Å². The number of anilines is 1. The highest BCUT2D eigenvalue weighted by molar-refractivity contribution is 7.98. The average Bonchev–Trinajstić information content (AvgIpc) is 3.17. The van der Waals surface area contributed by atoms with E-state index in [2.05, 4.69) is 21.7 Å². The summed E-state index contributed by atoms with van der Waals surface area (Å²) in [7, 11) is 0. The fourth-order valence-corrected chi connectivity index (χ4v) is 4.09. The summed E-state index contributed by atoms with van der Waals surface area (Å²) in [6, 6.07) is 8.42. The summed E-state index contributed by atoms with van der Waals surface area (Å²) in [6.45, 7) is 0.716. The summed E-state index contributed by atoms with van der Waals surface area (Å²) in [5, 5.41) is 9.07. The summed E-state index contributed by atoms with van der Waals surface area (Å²) < 4.78 is 7.84. The highest BCUT2D eigenvalue weighted by Crippen LogP contribution is 2.27. The quantitative estimate of drug-likeness (QED) is 0.556. The van der Waals surface area contributed by atoms with Crippen molar-refractivity contribution in [2.45, 2.75) is 44.6 Å². The highest BCUT2D eigenvalue weighted by atomic mass is 32.2. The molecule has 0 atom stereocenters. The van der Waals surface area contributed by atoms with E-state index in [1.807, 2.05) is 46.9 Å². The van der Waals surface area contributed by atoms with Gasteiger partial charge in [-0.2, -0.15) is 21.8 Å². The van der Waals surface area contributed by atoms with Crippen LogP contribution in [0.3, 0.4) is 0 Å². The molecule has 0 amide bonds. The van der Waals surface area contributed by atoms with Gasteiger partial charge in [0.15, 0.2) is 5.82 Å². The standard InChI is InChI=1S/C21H27N5OS/c1-28-14-6-13-27-19-10-5-9-18-17(19)15-23-26(18)20-11-12-22-21(25-20)24-16-7-3-2-4-8-16/h5,9-12,15-16H,2-4,6-8,13-14H2,1H3,(H,22,24,25). The average molecular weight is 398 g/mol. The van der Waals surface area contributed by atoms with Crippen LogP contribution in [0.15, 0.2) is 36.7 Å². The minimum absolute atomic E-state index is 0.472. The Morgan fingerprint density at radius 1 is 1.21 bits per heavy atom. The third kappa shape index (κ3) is 4.41. The molecule has 0 bridgehead atoms. The first-order valence-electron chi connectivity index (χ1n) is 10.0. The van der Waals surface area contributed by atoms with E-state index in [-0.39, 0.29) is 0 Å². The normalized spacial score (nSPS) is 15.0. The van der Waals surface area contributed by atoms with Crippen molar-refractivity contribution in [1.82, 2.24) is 19.7 Å². The molecule has 1 N–H and O–H groups in total. The van der Waals surface area contributed by atoms with Gasteiger partial charge in [-0.3, -0.25) is 0 Å². The summed E-state index contributed by atoms with van der Waals surface area (Å²) in [5.74, 6) is 3.42. The molecule has 2 heterocycles. The summed E-state index contributed by atoms with van der Waals surface area (Å²) >= 11 is 1.84. The lowest BCUT2D eigenvalue weighted by Gasteiger charge is -2.22. The first-order valence-corrected chi connectivity index (χ1v) is 11.4. The van der Waals surface area contributed by atoms with E-state index in [1.54, 1.807) is 6.20 Å². The molecular weight excluding hydrogens is 370 g/mol. The molecule has 148 valence electrons. The molecule has 2 aromatic heterocycles. The van der Waals surface area contributed by atoms with E-state index in [0.29, 0.717) is 18.6 Å². The number of nitrogens with zero attached hydrogens (tertiary/aromatic N) is 4. The van der Waals surface area contributed by atoms with E-state index in [1.165, 1.54) is 32.1 Å². The zero-order valence-electron chi connectivity index (χ0n) is 16.3. The van der Waals surface area contributed by atoms with Crippen LogP contribution in [-0.4, -0.2) is 44.4 Å². The molecule has 7 heteroatoms. The second kappa shape index (κ2) is 9.28. The number of ether oxygens (including phenoxy) is 1. The number of hydrogen-bond acceptors (Lipinski definition) is 6. The van der Waals surface area contributed by atoms with Crippen molar-refractivity contribution in [1.29, 1.82) is 0 Å². The highest BCUT2D eigenvalue weighted by Gasteiger charge is 2.15. The Hall–Kier alpha value is -2.28. The molecule has 6 nitrogen and oxygen atoms in total. The predicted octanol–water partition coefficient (Wildman–Crippen LogP) is 4.69. The zero-order chi connectivity index (χ0) is 19.2. The first-order chi connectivity index (χ1) is 13.8. The molecule has 4 rings (SSSR count). The Kier molecular flexibility index (Phi) is 6.31. The fourth-order valence-electron chi connectivity index (χ4n) is 3.68. The maximum Gasteiger partial charge on any atom is 0.224 e. The number of fused-ring (bicyclic) bond motifs is 1. The predicted molar refractivity (Wildman–Crippen MR) is 116 cm³/mol. The molecule has 0 aliphatic heterocycles. The number of aromatic nitrogens is 4. The van der Waals surface area contributed by atoms with Crippen LogP contribution in [0.2, 0.25) is 0 Å². The van der Waals surface area contributed by atoms with Crippen molar-refractivity contribution < 1.29 is 4.74 Å². The van der Waals surface area contributed by atoms with E-state index in [4.69, 9.17) is 9.72 Å². The fraction of sp³-hybridized carbons (Fsp3) is 0.476. The Labute approximate surface area is 170 Å². The third-order valence-corrected chi connectivity index (χ3v) is 5.82. The minimum Gasteiger partial charge on any atom is -0.493 e. The summed E-state index contributed by atoms with van der Waals surface area (Å²) in [6.07, 6.45) is 13.1. The molecule has 1 saturated carbocycles. The van der Waals surface area contributed by atoms with Crippen LogP contribution in [0.4, 0.5) is 5.95 Å². The van der Waals surface area contributed by atoms with Crippen molar-refractivity contribution in [2.24, 2.45) is 0 Å². The van der Waals surface area contributed by atoms with Crippen molar-refractivity contribution in [3.8, 4) is 11.6 Å². The van der Waals surface area contributed by atoms with Crippen LogP contribution >= 0.6 is 11.8 Å². The van der Waals surface area contributed by atoms with Crippen LogP contribution < -0.4 is 10.1 Å². The molecule has 1 aliphatic rings. The molecule has 1 fully saturated rings. The first kappa shape index (κ1) is 19.1. The van der Waals surface area contributed by atoms with Crippen molar-refractivity contribution >= 4 is 28.6 Å². The molecule has 1 aromatic carbocycles. The van der Waals surface area contributed by atoms with Gasteiger partial charge >= 0.3 is 0 Å². The molecule has 0 saturated heterocycles. The molecule has 1 aliphatic carbocycles. The zero-order valence-corrected chi connectivity index (χ0v) is 17.1. The molecule has 0 radical (unpaired) electrons. The van der Waals surface area contributed by atoms with Crippen LogP contribution in [0.25, 0.3) is 16.7 Å². The number of thioether (sulfide) groups is 1. The summed E-state index contributed by atoms with van der Waals surface area (Å²) in [5.41, 5.74) is 0.990. The smallest absolute Gasteiger partial charge is 0.224 e. The molecule has 0 spiro atoms. The number of benzene rings is 1. The van der Waals surface area contributed by atoms with E-state index >= 15 is 0 Å². The Morgan fingerprint density at radius 3 is 2.96 bits per heavy atom. The van der Waals surface area contributed by atoms with Gasteiger partial charge in [0.05, 0.1) is 23.7 Å². The number of nitrogens with one attached hydrogen (secondary N) is 1. The van der Waals surface area contributed by atoms with Crippen molar-refractivity contribution in [3.05, 3.63) is 36.7 Å². The van der Waals surface area contributed by atoms with Crippen molar-refractivity contribution in [2.75, 3.05) is 23.9 Å². The SMILES string of the molecule is CSCCCOc1cccc2c1cnn2-c1ccnc(NC2CCCCC2)n1. The van der Waals surface area contributed by atoms with Gasteiger partial charge in [-0.1, -0.05) is 25.3 Å².